The van der Waals surface area contributed by atoms with Crippen molar-refractivity contribution in [2.24, 2.45) is 0 Å². The zero-order valence-electron chi connectivity index (χ0n) is 10.4. The number of fused-ring (bicyclic) bond motifs is 1. The lowest BCUT2D eigenvalue weighted by atomic mass is 10.3. The lowest BCUT2D eigenvalue weighted by Gasteiger charge is -2.14. The molecule has 5 nitrogen and oxygen atoms in total. The van der Waals surface area contributed by atoms with Crippen LogP contribution in [0.2, 0.25) is 0 Å². The second-order valence-electron chi connectivity index (χ2n) is 4.16. The number of nitrogens with one attached hydrogen (secondary N) is 2. The lowest BCUT2D eigenvalue weighted by Crippen LogP contribution is -2.31. The minimum atomic E-state index is -0.333. The van der Waals surface area contributed by atoms with Crippen LogP contribution in [-0.4, -0.2) is 27.0 Å². The fourth-order valence-electron chi connectivity index (χ4n) is 1.88. The Morgan fingerprint density at radius 3 is 3.17 bits per heavy atom. The van der Waals surface area contributed by atoms with Crippen LogP contribution in [0.1, 0.15) is 26.3 Å². The van der Waals surface area contributed by atoms with Gasteiger partial charge in [0.2, 0.25) is 5.91 Å². The van der Waals surface area contributed by atoms with E-state index < -0.39 is 0 Å². The van der Waals surface area contributed by atoms with Gasteiger partial charge in [0, 0.05) is 12.7 Å². The molecular formula is C12H16N4OS. The van der Waals surface area contributed by atoms with Gasteiger partial charge in [0.15, 0.2) is 4.77 Å². The van der Waals surface area contributed by atoms with Gasteiger partial charge in [-0.05, 0) is 31.6 Å². The van der Waals surface area contributed by atoms with E-state index in [4.69, 9.17) is 12.2 Å². The number of H-pyrrole nitrogens is 1. The summed E-state index contributed by atoms with van der Waals surface area (Å²) in [5.74, 6) is -0.0225. The molecule has 2 aromatic rings. The molecule has 18 heavy (non-hydrogen) atoms. The van der Waals surface area contributed by atoms with E-state index in [1.807, 2.05) is 24.5 Å². The summed E-state index contributed by atoms with van der Waals surface area (Å²) in [4.78, 5) is 19.1. The molecule has 1 unspecified atom stereocenters. The molecule has 0 radical (unpaired) electrons. The van der Waals surface area contributed by atoms with Crippen LogP contribution >= 0.6 is 12.2 Å². The van der Waals surface area contributed by atoms with Crippen LogP contribution in [0.5, 0.6) is 0 Å². The van der Waals surface area contributed by atoms with Gasteiger partial charge in [-0.1, -0.05) is 6.92 Å². The van der Waals surface area contributed by atoms with Crippen molar-refractivity contribution in [2.45, 2.75) is 26.3 Å². The third kappa shape index (κ3) is 2.28. The van der Waals surface area contributed by atoms with Gasteiger partial charge in [0.1, 0.15) is 6.04 Å². The second-order valence-corrected chi connectivity index (χ2v) is 4.55. The fraction of sp³-hybridized carbons (Fsp3) is 0.417. The smallest absolute Gasteiger partial charge is 0.242 e. The van der Waals surface area contributed by atoms with E-state index in [0.717, 1.165) is 17.5 Å². The second kappa shape index (κ2) is 5.30. The van der Waals surface area contributed by atoms with E-state index in [1.165, 1.54) is 0 Å². The molecule has 0 fully saturated rings. The summed E-state index contributed by atoms with van der Waals surface area (Å²) >= 11 is 5.26. The zero-order chi connectivity index (χ0) is 13.1. The molecule has 0 bridgehead atoms. The average Bonchev–Trinajstić information content (AvgIpc) is 2.70. The Morgan fingerprint density at radius 1 is 1.67 bits per heavy atom. The third-order valence-electron chi connectivity index (χ3n) is 2.83. The molecule has 2 N–H and O–H groups in total. The first-order chi connectivity index (χ1) is 8.65. The predicted octanol–water partition coefficient (Wildman–Crippen LogP) is 2.18. The number of nitrogens with zero attached hydrogens (tertiary/aromatic N) is 2. The highest BCUT2D eigenvalue weighted by Gasteiger charge is 2.17. The highest BCUT2D eigenvalue weighted by atomic mass is 32.1. The quantitative estimate of drug-likeness (QED) is 0.832. The highest BCUT2D eigenvalue weighted by Crippen LogP contribution is 2.18. The summed E-state index contributed by atoms with van der Waals surface area (Å²) in [6.07, 6.45) is 4.32. The number of aromatic nitrogens is 3. The molecule has 2 rings (SSSR count). The molecule has 6 heteroatoms. The summed E-state index contributed by atoms with van der Waals surface area (Å²) in [6.45, 7) is 4.54. The van der Waals surface area contributed by atoms with E-state index >= 15 is 0 Å². The van der Waals surface area contributed by atoms with Gasteiger partial charge in [-0.25, -0.2) is 0 Å². The molecule has 0 spiro atoms. The maximum Gasteiger partial charge on any atom is 0.242 e. The van der Waals surface area contributed by atoms with Gasteiger partial charge in [-0.2, -0.15) is 0 Å². The summed E-state index contributed by atoms with van der Waals surface area (Å²) in [6, 6.07) is 1.52. The Labute approximate surface area is 110 Å². The molecule has 2 heterocycles. The number of hydrogen-bond acceptors (Lipinski definition) is 3. The van der Waals surface area contributed by atoms with Gasteiger partial charge in [0.25, 0.3) is 0 Å². The summed E-state index contributed by atoms with van der Waals surface area (Å²) in [5, 5.41) is 2.88. The predicted molar refractivity (Wildman–Crippen MR) is 72.9 cm³/mol. The van der Waals surface area contributed by atoms with Crippen molar-refractivity contribution >= 4 is 29.2 Å². The number of pyridine rings is 1. The molecule has 1 atom stereocenters. The minimum absolute atomic E-state index is 0.0225. The molecule has 0 aromatic carbocycles. The van der Waals surface area contributed by atoms with Gasteiger partial charge in [-0.3, -0.25) is 9.78 Å². The molecule has 0 aliphatic carbocycles. The van der Waals surface area contributed by atoms with E-state index in [1.54, 1.807) is 12.4 Å². The Bertz CT molecular complexity index is 616. The summed E-state index contributed by atoms with van der Waals surface area (Å²) in [5.41, 5.74) is 1.74. The maximum absolute atomic E-state index is 12.0. The normalized spacial score (nSPS) is 12.6. The van der Waals surface area contributed by atoms with Crippen molar-refractivity contribution < 1.29 is 4.79 Å². The van der Waals surface area contributed by atoms with Crippen LogP contribution in [-0.2, 0) is 4.79 Å². The van der Waals surface area contributed by atoms with Crippen LogP contribution in [0.15, 0.2) is 18.5 Å². The molecular weight excluding hydrogens is 248 g/mol. The maximum atomic E-state index is 12.0. The van der Waals surface area contributed by atoms with E-state index in [-0.39, 0.29) is 11.9 Å². The number of rotatable bonds is 4. The Hall–Kier alpha value is -1.69. The molecule has 96 valence electrons. The van der Waals surface area contributed by atoms with Crippen LogP contribution in [0.25, 0.3) is 11.0 Å². The van der Waals surface area contributed by atoms with Crippen molar-refractivity contribution in [1.82, 2.24) is 19.9 Å². The molecule has 0 saturated heterocycles. The fourth-order valence-corrected chi connectivity index (χ4v) is 2.24. The first-order valence-electron chi connectivity index (χ1n) is 5.97. The van der Waals surface area contributed by atoms with Crippen LogP contribution in [0, 0.1) is 4.77 Å². The molecule has 0 aliphatic rings. The van der Waals surface area contributed by atoms with Crippen LogP contribution in [0.4, 0.5) is 0 Å². The minimum Gasteiger partial charge on any atom is -0.354 e. The third-order valence-corrected chi connectivity index (χ3v) is 3.13. The number of amides is 1. The summed E-state index contributed by atoms with van der Waals surface area (Å²) in [7, 11) is 0. The Morgan fingerprint density at radius 2 is 2.44 bits per heavy atom. The summed E-state index contributed by atoms with van der Waals surface area (Å²) < 4.78 is 2.36. The van der Waals surface area contributed by atoms with Gasteiger partial charge in [-0.15, -0.1) is 0 Å². The first-order valence-corrected chi connectivity index (χ1v) is 6.38. The number of imidazole rings is 1. The molecule has 2 aromatic heterocycles. The van der Waals surface area contributed by atoms with Crippen molar-refractivity contribution in [1.29, 1.82) is 0 Å². The van der Waals surface area contributed by atoms with Crippen molar-refractivity contribution in [2.75, 3.05) is 6.54 Å². The molecule has 0 aliphatic heterocycles. The van der Waals surface area contributed by atoms with Gasteiger partial charge in [0.05, 0.1) is 17.2 Å². The standard InChI is InChI=1S/C12H16N4OS/c1-3-5-14-11(17)8(2)16-10-4-6-13-7-9(10)15-12(16)18/h4,6-8H,3,5H2,1-2H3,(H,14,17)(H,15,18). The SMILES string of the molecule is CCCNC(=O)C(C)n1c(=S)[nH]c2cnccc21. The van der Waals surface area contributed by atoms with Crippen molar-refractivity contribution in [3.05, 3.63) is 23.2 Å². The Balaban J connectivity index is 2.38. The monoisotopic (exact) mass is 264 g/mol. The lowest BCUT2D eigenvalue weighted by molar-refractivity contribution is -0.123. The largest absolute Gasteiger partial charge is 0.354 e. The van der Waals surface area contributed by atoms with Crippen molar-refractivity contribution in [3.63, 3.8) is 0 Å². The number of aromatic amines is 1. The van der Waals surface area contributed by atoms with E-state index in [0.29, 0.717) is 11.3 Å². The van der Waals surface area contributed by atoms with Crippen molar-refractivity contribution in [3.8, 4) is 0 Å². The van der Waals surface area contributed by atoms with E-state index in [2.05, 4.69) is 15.3 Å². The zero-order valence-corrected chi connectivity index (χ0v) is 11.3. The Kier molecular flexibility index (Phi) is 3.76. The average molecular weight is 264 g/mol. The van der Waals surface area contributed by atoms with Gasteiger partial charge < -0.3 is 14.9 Å². The molecule has 0 saturated carbocycles. The number of hydrogen-bond donors (Lipinski definition) is 2. The van der Waals surface area contributed by atoms with Crippen LogP contribution in [0.3, 0.4) is 0 Å². The van der Waals surface area contributed by atoms with Gasteiger partial charge >= 0.3 is 0 Å². The molecule has 1 amide bonds. The van der Waals surface area contributed by atoms with Crippen LogP contribution < -0.4 is 5.32 Å². The number of carbonyl (C=O) groups is 1. The number of carbonyl (C=O) groups excluding carboxylic acids is 1. The highest BCUT2D eigenvalue weighted by molar-refractivity contribution is 7.71. The topological polar surface area (TPSA) is 62.7 Å². The first kappa shape index (κ1) is 12.8. The van der Waals surface area contributed by atoms with E-state index in [9.17, 15) is 4.79 Å².